The van der Waals surface area contributed by atoms with Crippen LogP contribution in [-0.4, -0.2) is 37.0 Å². The molecule has 3 heteroatoms. The van der Waals surface area contributed by atoms with Crippen LogP contribution in [0.25, 0.3) is 0 Å². The van der Waals surface area contributed by atoms with Gasteiger partial charge in [0.2, 0.25) is 0 Å². The molecule has 3 rings (SSSR count). The summed E-state index contributed by atoms with van der Waals surface area (Å²) in [7, 11) is 4.85. The number of allylic oxidation sites excluding steroid dienone is 4. The molecule has 0 radical (unpaired) electrons. The molecule has 1 unspecified atom stereocenters. The maximum absolute atomic E-state index is 5.74. The summed E-state index contributed by atoms with van der Waals surface area (Å²) in [6, 6.07) is 11.1. The van der Waals surface area contributed by atoms with Crippen molar-refractivity contribution in [2.75, 3.05) is 26.5 Å². The first-order chi connectivity index (χ1) is 14.1. The second-order valence-corrected chi connectivity index (χ2v) is 8.67. The minimum absolute atomic E-state index is 0.659. The molecule has 1 fully saturated rings. The molecule has 2 aliphatic carbocycles. The van der Waals surface area contributed by atoms with Gasteiger partial charge in [0.15, 0.2) is 0 Å². The van der Waals surface area contributed by atoms with Crippen LogP contribution in [0.5, 0.6) is 0 Å². The molecular formula is C26H39BrNO+. The monoisotopic (exact) mass is 460 g/mol. The average Bonchev–Trinajstić information content (AvgIpc) is 3.58. The number of quaternary nitrogens is 1. The van der Waals surface area contributed by atoms with E-state index in [9.17, 15) is 0 Å². The molecule has 0 aromatic heterocycles. The van der Waals surface area contributed by atoms with Gasteiger partial charge in [-0.3, -0.25) is 0 Å². The van der Waals surface area contributed by atoms with Gasteiger partial charge in [0.05, 0.1) is 32.9 Å². The van der Waals surface area contributed by atoms with Crippen LogP contribution in [0.3, 0.4) is 0 Å². The molecule has 0 heterocycles. The summed E-state index contributed by atoms with van der Waals surface area (Å²) in [5.41, 5.74) is 2.77. The highest BCUT2D eigenvalue weighted by Crippen LogP contribution is 2.39. The number of halogens is 1. The van der Waals surface area contributed by atoms with Crippen LogP contribution in [0, 0.1) is 5.92 Å². The topological polar surface area (TPSA) is 9.23 Å². The fourth-order valence-electron chi connectivity index (χ4n) is 4.22. The Morgan fingerprint density at radius 3 is 2.55 bits per heavy atom. The van der Waals surface area contributed by atoms with Crippen LogP contribution in [0.15, 0.2) is 66.5 Å². The van der Waals surface area contributed by atoms with Crippen molar-refractivity contribution in [2.24, 2.45) is 5.92 Å². The molecule has 0 saturated heterocycles. The molecule has 1 aromatic carbocycles. The third-order valence-corrected chi connectivity index (χ3v) is 6.00. The standard InChI is InChI=1S/C25H36NO.CH3Br/c1-26(2,19-9-15-22-11-5-3-6-12-22)25(24-17-18-24)16-10-20-27-21-23-13-7-4-8-14-23;1-2/h4-5,7-8,10-14,20,24-25H,3,6,9,15-19,21H2,1-2H3;1H3/q+1;/b20-10+;. The Morgan fingerprint density at radius 1 is 1.14 bits per heavy atom. The van der Waals surface area contributed by atoms with Crippen molar-refractivity contribution in [2.45, 2.75) is 57.6 Å². The summed E-state index contributed by atoms with van der Waals surface area (Å²) >= 11 is 2.94. The molecule has 1 saturated carbocycles. The first kappa shape index (κ1) is 24.0. The summed E-state index contributed by atoms with van der Waals surface area (Å²) in [4.78, 5) is 0. The number of hydrogen-bond acceptors (Lipinski definition) is 1. The van der Waals surface area contributed by atoms with Gasteiger partial charge >= 0.3 is 0 Å². The molecule has 29 heavy (non-hydrogen) atoms. The van der Waals surface area contributed by atoms with Crippen molar-refractivity contribution in [3.8, 4) is 0 Å². The summed E-state index contributed by atoms with van der Waals surface area (Å²) < 4.78 is 6.87. The molecular weight excluding hydrogens is 422 g/mol. The molecule has 1 aromatic rings. The Kier molecular flexibility index (Phi) is 10.8. The zero-order valence-electron chi connectivity index (χ0n) is 18.5. The van der Waals surface area contributed by atoms with E-state index in [1.165, 1.54) is 50.6 Å². The molecule has 2 aliphatic rings. The van der Waals surface area contributed by atoms with Gasteiger partial charge in [-0.25, -0.2) is 0 Å². The molecule has 0 aliphatic heterocycles. The van der Waals surface area contributed by atoms with E-state index in [0.29, 0.717) is 6.61 Å². The molecule has 160 valence electrons. The normalized spacial score (nSPS) is 17.4. The van der Waals surface area contributed by atoms with Gasteiger partial charge in [-0.05, 0) is 49.6 Å². The predicted octanol–water partition coefficient (Wildman–Crippen LogP) is 7.03. The first-order valence-electron chi connectivity index (χ1n) is 11.0. The van der Waals surface area contributed by atoms with Crippen LogP contribution in [0.2, 0.25) is 0 Å². The smallest absolute Gasteiger partial charge is 0.112 e. The van der Waals surface area contributed by atoms with Crippen LogP contribution in [-0.2, 0) is 11.3 Å². The third kappa shape index (κ3) is 8.92. The van der Waals surface area contributed by atoms with E-state index in [2.05, 4.69) is 78.6 Å². The molecule has 0 spiro atoms. The van der Waals surface area contributed by atoms with E-state index in [-0.39, 0.29) is 0 Å². The zero-order valence-corrected chi connectivity index (χ0v) is 20.1. The Bertz CT molecular complexity index is 659. The van der Waals surface area contributed by atoms with E-state index in [1.54, 1.807) is 5.57 Å². The van der Waals surface area contributed by atoms with Gasteiger partial charge in [-0.15, -0.1) is 0 Å². The van der Waals surface area contributed by atoms with Gasteiger partial charge in [0.25, 0.3) is 0 Å². The van der Waals surface area contributed by atoms with Gasteiger partial charge in [-0.1, -0.05) is 70.1 Å². The second kappa shape index (κ2) is 13.1. The Labute approximate surface area is 187 Å². The second-order valence-electron chi connectivity index (χ2n) is 8.67. The Morgan fingerprint density at radius 2 is 1.90 bits per heavy atom. The van der Waals surface area contributed by atoms with Gasteiger partial charge in [0.1, 0.15) is 6.61 Å². The highest BCUT2D eigenvalue weighted by molar-refractivity contribution is 9.08. The van der Waals surface area contributed by atoms with E-state index in [0.717, 1.165) is 22.9 Å². The van der Waals surface area contributed by atoms with Gasteiger partial charge in [-0.2, -0.15) is 0 Å². The minimum Gasteiger partial charge on any atom is -0.497 e. The van der Waals surface area contributed by atoms with E-state index < -0.39 is 0 Å². The van der Waals surface area contributed by atoms with Gasteiger partial charge < -0.3 is 9.22 Å². The number of hydrogen-bond donors (Lipinski definition) is 0. The molecule has 1 atom stereocenters. The van der Waals surface area contributed by atoms with Crippen molar-refractivity contribution in [3.05, 3.63) is 72.0 Å². The maximum Gasteiger partial charge on any atom is 0.112 e. The zero-order chi connectivity index (χ0) is 21.0. The fourth-order valence-corrected chi connectivity index (χ4v) is 4.22. The van der Waals surface area contributed by atoms with Crippen molar-refractivity contribution < 1.29 is 9.22 Å². The van der Waals surface area contributed by atoms with Crippen LogP contribution < -0.4 is 0 Å². The van der Waals surface area contributed by atoms with Crippen LogP contribution in [0.4, 0.5) is 0 Å². The summed E-state index contributed by atoms with van der Waals surface area (Å²) in [6.45, 7) is 1.91. The molecule has 0 N–H and O–H groups in total. The molecule has 0 amide bonds. The lowest BCUT2D eigenvalue weighted by molar-refractivity contribution is -0.917. The van der Waals surface area contributed by atoms with Crippen molar-refractivity contribution in [1.29, 1.82) is 0 Å². The highest BCUT2D eigenvalue weighted by Gasteiger charge is 2.40. The van der Waals surface area contributed by atoms with Crippen molar-refractivity contribution in [1.82, 2.24) is 0 Å². The number of alkyl halides is 1. The quantitative estimate of drug-likeness (QED) is 0.195. The Hall–Kier alpha value is -1.32. The first-order valence-corrected chi connectivity index (χ1v) is 12.6. The SMILES string of the molecule is CBr.C[N+](C)(CCCC1=CCCC=C1)C(C/C=C/OCc1ccccc1)C1CC1. The van der Waals surface area contributed by atoms with E-state index in [1.807, 2.05) is 18.2 Å². The molecule has 0 bridgehead atoms. The predicted molar refractivity (Wildman–Crippen MR) is 129 cm³/mol. The maximum atomic E-state index is 5.74. The lowest BCUT2D eigenvalue weighted by Gasteiger charge is -2.38. The number of nitrogens with zero attached hydrogens (tertiary/aromatic N) is 1. The van der Waals surface area contributed by atoms with Crippen molar-refractivity contribution in [3.63, 3.8) is 0 Å². The number of rotatable bonds is 11. The average molecular weight is 462 g/mol. The van der Waals surface area contributed by atoms with Gasteiger partial charge in [0, 0.05) is 18.8 Å². The minimum atomic E-state index is 0.659. The lowest BCUT2D eigenvalue weighted by atomic mass is 10.0. The van der Waals surface area contributed by atoms with Crippen LogP contribution >= 0.6 is 15.9 Å². The fraction of sp³-hybridized carbons (Fsp3) is 0.538. The van der Waals surface area contributed by atoms with Crippen LogP contribution in [0.1, 0.15) is 50.5 Å². The summed E-state index contributed by atoms with van der Waals surface area (Å²) in [5, 5.41) is 0. The lowest BCUT2D eigenvalue weighted by Crippen LogP contribution is -2.50. The van der Waals surface area contributed by atoms with E-state index >= 15 is 0 Å². The highest BCUT2D eigenvalue weighted by atomic mass is 79.9. The summed E-state index contributed by atoms with van der Waals surface area (Å²) in [6.07, 6.45) is 20.1. The largest absolute Gasteiger partial charge is 0.497 e. The van der Waals surface area contributed by atoms with E-state index in [4.69, 9.17) is 4.74 Å². The van der Waals surface area contributed by atoms with Crippen molar-refractivity contribution >= 4 is 15.9 Å². The molecule has 2 nitrogen and oxygen atoms in total. The number of ether oxygens (including phenoxy) is 1. The number of benzene rings is 1. The third-order valence-electron chi connectivity index (χ3n) is 6.00. The summed E-state index contributed by atoms with van der Waals surface area (Å²) in [5.74, 6) is 2.71. The Balaban J connectivity index is 0.00000145.